The average molecular weight is 352 g/mol. The van der Waals surface area contributed by atoms with Gasteiger partial charge in [-0.1, -0.05) is 20.8 Å². The molecule has 0 aliphatic carbocycles. The Hall–Kier alpha value is -1.44. The standard InChI is InChI=1S/C18H32N4O3/c1-4-15(23)11-21-7-9-22(10-8-21)12-17-20-16(13-25-17)18(24)19-6-5-14(2)3/h13-15,23H,4-12H2,1-3H3,(H,19,24)/t15-/m0/s1. The molecule has 0 aromatic carbocycles. The molecule has 1 aromatic rings. The maximum atomic E-state index is 12.0. The number of nitrogens with zero attached hydrogens (tertiary/aromatic N) is 3. The molecule has 0 spiro atoms. The van der Waals surface area contributed by atoms with E-state index < -0.39 is 0 Å². The fourth-order valence-electron chi connectivity index (χ4n) is 2.80. The normalized spacial score (nSPS) is 17.8. The zero-order chi connectivity index (χ0) is 18.2. The van der Waals surface area contributed by atoms with Crippen molar-refractivity contribution in [3.8, 4) is 0 Å². The van der Waals surface area contributed by atoms with E-state index in [9.17, 15) is 9.90 Å². The Morgan fingerprint density at radius 2 is 2.00 bits per heavy atom. The number of hydrogen-bond donors (Lipinski definition) is 2. The molecule has 0 saturated carbocycles. The number of nitrogens with one attached hydrogen (secondary N) is 1. The van der Waals surface area contributed by atoms with E-state index in [2.05, 4.69) is 33.9 Å². The van der Waals surface area contributed by atoms with E-state index in [1.807, 2.05) is 6.92 Å². The Bertz CT molecular complexity index is 524. The first-order valence-electron chi connectivity index (χ1n) is 9.33. The molecule has 1 amide bonds. The first-order chi connectivity index (χ1) is 12.0. The molecule has 1 saturated heterocycles. The van der Waals surface area contributed by atoms with Gasteiger partial charge in [-0.2, -0.15) is 0 Å². The van der Waals surface area contributed by atoms with Crippen LogP contribution in [0.15, 0.2) is 10.7 Å². The average Bonchev–Trinajstić information content (AvgIpc) is 3.04. The van der Waals surface area contributed by atoms with Gasteiger partial charge in [-0.25, -0.2) is 4.98 Å². The highest BCUT2D eigenvalue weighted by Crippen LogP contribution is 2.10. The molecule has 1 aromatic heterocycles. The summed E-state index contributed by atoms with van der Waals surface area (Å²) in [6.07, 6.45) is 2.94. The maximum Gasteiger partial charge on any atom is 0.273 e. The van der Waals surface area contributed by atoms with Gasteiger partial charge in [0, 0.05) is 39.3 Å². The van der Waals surface area contributed by atoms with Crippen molar-refractivity contribution in [3.05, 3.63) is 17.8 Å². The van der Waals surface area contributed by atoms with E-state index in [4.69, 9.17) is 4.42 Å². The number of hydrogen-bond acceptors (Lipinski definition) is 6. The number of β-amino-alcohol motifs (C(OH)–C–C–N with tert-alkyl or cyclic N) is 1. The van der Waals surface area contributed by atoms with Gasteiger partial charge < -0.3 is 14.8 Å². The Kier molecular flexibility index (Phi) is 7.87. The molecule has 7 heteroatoms. The Morgan fingerprint density at radius 3 is 2.64 bits per heavy atom. The highest BCUT2D eigenvalue weighted by molar-refractivity contribution is 5.91. The lowest BCUT2D eigenvalue weighted by Crippen LogP contribution is -2.48. The van der Waals surface area contributed by atoms with Gasteiger partial charge in [-0.15, -0.1) is 0 Å². The number of amides is 1. The third-order valence-electron chi connectivity index (χ3n) is 4.56. The lowest BCUT2D eigenvalue weighted by Gasteiger charge is -2.34. The van der Waals surface area contributed by atoms with Crippen LogP contribution in [0.4, 0.5) is 0 Å². The van der Waals surface area contributed by atoms with Gasteiger partial charge in [0.1, 0.15) is 6.26 Å². The van der Waals surface area contributed by atoms with Crippen molar-refractivity contribution in [2.24, 2.45) is 5.92 Å². The minimum absolute atomic E-state index is 0.172. The van der Waals surface area contributed by atoms with Crippen LogP contribution in [0.2, 0.25) is 0 Å². The van der Waals surface area contributed by atoms with Crippen LogP contribution >= 0.6 is 0 Å². The minimum Gasteiger partial charge on any atom is -0.447 e. The highest BCUT2D eigenvalue weighted by Gasteiger charge is 2.20. The van der Waals surface area contributed by atoms with Gasteiger partial charge in [-0.3, -0.25) is 14.6 Å². The summed E-state index contributed by atoms with van der Waals surface area (Å²) in [4.78, 5) is 20.9. The largest absolute Gasteiger partial charge is 0.447 e. The number of rotatable bonds is 9. The fourth-order valence-corrected chi connectivity index (χ4v) is 2.80. The number of carbonyl (C=O) groups excluding carboxylic acids is 1. The first kappa shape index (κ1) is 19.9. The van der Waals surface area contributed by atoms with Gasteiger partial charge in [0.05, 0.1) is 12.6 Å². The molecular weight excluding hydrogens is 320 g/mol. The Labute approximate surface area is 150 Å². The van der Waals surface area contributed by atoms with Gasteiger partial charge in [0.15, 0.2) is 5.69 Å². The van der Waals surface area contributed by atoms with E-state index in [1.54, 1.807) is 0 Å². The summed E-state index contributed by atoms with van der Waals surface area (Å²) in [5, 5.41) is 12.6. The van der Waals surface area contributed by atoms with Crippen molar-refractivity contribution < 1.29 is 14.3 Å². The third-order valence-corrected chi connectivity index (χ3v) is 4.56. The maximum absolute atomic E-state index is 12.0. The molecule has 1 aliphatic rings. The van der Waals surface area contributed by atoms with Crippen molar-refractivity contribution in [1.82, 2.24) is 20.1 Å². The minimum atomic E-state index is -0.241. The topological polar surface area (TPSA) is 81.8 Å². The molecule has 0 radical (unpaired) electrons. The van der Waals surface area contributed by atoms with Crippen LogP contribution in [0.25, 0.3) is 0 Å². The van der Waals surface area contributed by atoms with Crippen molar-refractivity contribution in [2.75, 3.05) is 39.3 Å². The van der Waals surface area contributed by atoms with E-state index >= 15 is 0 Å². The van der Waals surface area contributed by atoms with E-state index in [0.29, 0.717) is 30.6 Å². The van der Waals surface area contributed by atoms with Crippen LogP contribution in [0, 0.1) is 5.92 Å². The molecule has 142 valence electrons. The SMILES string of the molecule is CC[C@H](O)CN1CCN(Cc2nc(C(=O)NCCC(C)C)co2)CC1. The second-order valence-corrected chi connectivity index (χ2v) is 7.20. The van der Waals surface area contributed by atoms with Gasteiger partial charge in [0.25, 0.3) is 5.91 Å². The van der Waals surface area contributed by atoms with E-state index in [0.717, 1.165) is 45.6 Å². The number of aliphatic hydroxyl groups excluding tert-OH is 1. The molecular formula is C18H32N4O3. The number of piperazine rings is 1. The molecule has 2 heterocycles. The summed E-state index contributed by atoms with van der Waals surface area (Å²) in [5.74, 6) is 0.968. The summed E-state index contributed by atoms with van der Waals surface area (Å²) in [6.45, 7) is 12.0. The molecule has 0 unspecified atom stereocenters. The van der Waals surface area contributed by atoms with Gasteiger partial charge >= 0.3 is 0 Å². The van der Waals surface area contributed by atoms with Crippen molar-refractivity contribution >= 4 is 5.91 Å². The second-order valence-electron chi connectivity index (χ2n) is 7.20. The van der Waals surface area contributed by atoms with Crippen LogP contribution in [0.3, 0.4) is 0 Å². The number of carbonyl (C=O) groups is 1. The molecule has 7 nitrogen and oxygen atoms in total. The highest BCUT2D eigenvalue weighted by atomic mass is 16.3. The van der Waals surface area contributed by atoms with Gasteiger partial charge in [0.2, 0.25) is 5.89 Å². The molecule has 2 N–H and O–H groups in total. The van der Waals surface area contributed by atoms with Crippen LogP contribution in [0.5, 0.6) is 0 Å². The van der Waals surface area contributed by atoms with E-state index in [-0.39, 0.29) is 12.0 Å². The van der Waals surface area contributed by atoms with Crippen molar-refractivity contribution in [2.45, 2.75) is 46.3 Å². The summed E-state index contributed by atoms with van der Waals surface area (Å²) >= 11 is 0. The van der Waals surface area contributed by atoms with Crippen molar-refractivity contribution in [1.29, 1.82) is 0 Å². The summed E-state index contributed by atoms with van der Waals surface area (Å²) in [5.41, 5.74) is 0.350. The molecule has 1 aliphatic heterocycles. The van der Waals surface area contributed by atoms with Gasteiger partial charge in [-0.05, 0) is 18.8 Å². The predicted octanol–water partition coefficient (Wildman–Crippen LogP) is 1.34. The lowest BCUT2D eigenvalue weighted by molar-refractivity contribution is 0.0658. The molecule has 1 atom stereocenters. The third kappa shape index (κ3) is 6.76. The summed E-state index contributed by atoms with van der Waals surface area (Å²) in [6, 6.07) is 0. The second kappa shape index (κ2) is 9.89. The zero-order valence-electron chi connectivity index (χ0n) is 15.7. The number of oxazole rings is 1. The first-order valence-corrected chi connectivity index (χ1v) is 9.33. The summed E-state index contributed by atoms with van der Waals surface area (Å²) < 4.78 is 5.46. The molecule has 1 fully saturated rings. The number of aromatic nitrogens is 1. The molecule has 2 rings (SSSR count). The fraction of sp³-hybridized carbons (Fsp3) is 0.778. The van der Waals surface area contributed by atoms with Crippen LogP contribution < -0.4 is 5.32 Å². The summed E-state index contributed by atoms with van der Waals surface area (Å²) in [7, 11) is 0. The Balaban J connectivity index is 1.73. The van der Waals surface area contributed by atoms with Crippen LogP contribution in [0.1, 0.15) is 50.0 Å². The zero-order valence-corrected chi connectivity index (χ0v) is 15.7. The lowest BCUT2D eigenvalue weighted by atomic mass is 10.1. The quantitative estimate of drug-likeness (QED) is 0.698. The molecule has 0 bridgehead atoms. The number of aliphatic hydroxyl groups is 1. The van der Waals surface area contributed by atoms with Crippen LogP contribution in [-0.2, 0) is 6.54 Å². The Morgan fingerprint density at radius 1 is 1.32 bits per heavy atom. The molecule has 25 heavy (non-hydrogen) atoms. The van der Waals surface area contributed by atoms with Crippen molar-refractivity contribution in [3.63, 3.8) is 0 Å². The monoisotopic (exact) mass is 352 g/mol. The smallest absolute Gasteiger partial charge is 0.273 e. The van der Waals surface area contributed by atoms with Crippen LogP contribution in [-0.4, -0.2) is 71.2 Å². The van der Waals surface area contributed by atoms with E-state index in [1.165, 1.54) is 6.26 Å². The predicted molar refractivity (Wildman–Crippen MR) is 96.3 cm³/mol.